The van der Waals surface area contributed by atoms with Gasteiger partial charge in [-0.05, 0) is 56.9 Å². The summed E-state index contributed by atoms with van der Waals surface area (Å²) in [5.74, 6) is 2.57. The molecule has 1 saturated heterocycles. The molecular weight excluding hydrogens is 208 g/mol. The third kappa shape index (κ3) is 2.26. The zero-order valence-electron chi connectivity index (χ0n) is 12.1. The Hall–Kier alpha value is -0.0800. The van der Waals surface area contributed by atoms with Crippen LogP contribution in [0.5, 0.6) is 0 Å². The van der Waals surface area contributed by atoms with Crippen molar-refractivity contribution in [1.29, 1.82) is 0 Å². The van der Waals surface area contributed by atoms with Crippen molar-refractivity contribution >= 4 is 0 Å². The number of hydrogen-bond donors (Lipinski definition) is 1. The molecule has 0 aromatic heterocycles. The fourth-order valence-electron chi connectivity index (χ4n) is 3.91. The zero-order chi connectivity index (χ0) is 12.6. The Morgan fingerprint density at radius 3 is 2.47 bits per heavy atom. The molecule has 1 aliphatic carbocycles. The van der Waals surface area contributed by atoms with Crippen LogP contribution in [0, 0.1) is 17.8 Å². The van der Waals surface area contributed by atoms with Gasteiger partial charge in [0, 0.05) is 18.1 Å². The predicted octanol–water partition coefficient (Wildman–Crippen LogP) is 2.87. The Balaban J connectivity index is 2.04. The molecule has 0 amide bonds. The van der Waals surface area contributed by atoms with E-state index in [0.29, 0.717) is 5.54 Å². The second-order valence-electron chi connectivity index (χ2n) is 6.89. The number of rotatable bonds is 3. The van der Waals surface area contributed by atoms with Crippen LogP contribution in [0.3, 0.4) is 0 Å². The van der Waals surface area contributed by atoms with E-state index in [0.717, 1.165) is 30.3 Å². The number of hydrogen-bond acceptors (Lipinski definition) is 2. The van der Waals surface area contributed by atoms with Gasteiger partial charge in [-0.2, -0.15) is 0 Å². The van der Waals surface area contributed by atoms with E-state index in [-0.39, 0.29) is 0 Å². The van der Waals surface area contributed by atoms with Crippen molar-refractivity contribution < 1.29 is 0 Å². The van der Waals surface area contributed by atoms with Gasteiger partial charge in [0.1, 0.15) is 0 Å². The monoisotopic (exact) mass is 238 g/mol. The van der Waals surface area contributed by atoms with Crippen LogP contribution >= 0.6 is 0 Å². The molecule has 2 heteroatoms. The highest BCUT2D eigenvalue weighted by atomic mass is 15.3. The molecule has 17 heavy (non-hydrogen) atoms. The topological polar surface area (TPSA) is 29.3 Å². The number of likely N-dealkylation sites (tertiary alicyclic amines) is 1. The van der Waals surface area contributed by atoms with E-state index in [1.165, 1.54) is 32.2 Å². The summed E-state index contributed by atoms with van der Waals surface area (Å²) >= 11 is 0. The van der Waals surface area contributed by atoms with Gasteiger partial charge in [0.05, 0.1) is 0 Å². The summed E-state index contributed by atoms with van der Waals surface area (Å²) in [6.07, 6.45) is 5.42. The molecule has 2 unspecified atom stereocenters. The molecule has 2 nitrogen and oxygen atoms in total. The lowest BCUT2D eigenvalue weighted by molar-refractivity contribution is -0.0806. The lowest BCUT2D eigenvalue weighted by Gasteiger charge is -2.59. The summed E-state index contributed by atoms with van der Waals surface area (Å²) in [5, 5.41) is 0. The summed E-state index contributed by atoms with van der Waals surface area (Å²) in [6.45, 7) is 11.6. The van der Waals surface area contributed by atoms with Crippen LogP contribution in [-0.4, -0.2) is 29.6 Å². The fourth-order valence-corrected chi connectivity index (χ4v) is 3.91. The van der Waals surface area contributed by atoms with E-state index in [9.17, 15) is 0 Å². The first-order valence-corrected chi connectivity index (χ1v) is 7.47. The van der Waals surface area contributed by atoms with Gasteiger partial charge in [0.2, 0.25) is 0 Å². The van der Waals surface area contributed by atoms with Crippen molar-refractivity contribution in [3.8, 4) is 0 Å². The maximum absolute atomic E-state index is 6.13. The maximum atomic E-state index is 6.13. The van der Waals surface area contributed by atoms with Crippen molar-refractivity contribution in [1.82, 2.24) is 4.90 Å². The normalized spacial score (nSPS) is 43.8. The molecule has 2 rings (SSSR count). The molecule has 0 bridgehead atoms. The van der Waals surface area contributed by atoms with Crippen LogP contribution in [0.2, 0.25) is 0 Å². The summed E-state index contributed by atoms with van der Waals surface area (Å²) < 4.78 is 0. The van der Waals surface area contributed by atoms with Gasteiger partial charge < -0.3 is 5.73 Å². The number of piperidine rings is 1. The number of nitrogens with zero attached hydrogens (tertiary/aromatic N) is 1. The largest absolute Gasteiger partial charge is 0.329 e. The second kappa shape index (κ2) is 4.89. The van der Waals surface area contributed by atoms with E-state index in [1.807, 2.05) is 0 Å². The Bertz CT molecular complexity index is 256. The minimum atomic E-state index is 0.350. The SMILES string of the molecule is CC(C)C1CC(CN)(N2CCCC(C)C2C)C1. The highest BCUT2D eigenvalue weighted by Crippen LogP contribution is 2.48. The lowest BCUT2D eigenvalue weighted by atomic mass is 9.62. The van der Waals surface area contributed by atoms with Crippen molar-refractivity contribution in [3.05, 3.63) is 0 Å². The summed E-state index contributed by atoms with van der Waals surface area (Å²) in [5.41, 5.74) is 6.48. The predicted molar refractivity (Wildman–Crippen MR) is 73.9 cm³/mol. The zero-order valence-corrected chi connectivity index (χ0v) is 12.1. The van der Waals surface area contributed by atoms with E-state index in [2.05, 4.69) is 32.6 Å². The third-order valence-electron chi connectivity index (χ3n) is 5.59. The van der Waals surface area contributed by atoms with Gasteiger partial charge in [0.25, 0.3) is 0 Å². The van der Waals surface area contributed by atoms with Crippen molar-refractivity contribution in [2.45, 2.75) is 65.0 Å². The summed E-state index contributed by atoms with van der Waals surface area (Å²) in [4.78, 5) is 2.75. The summed E-state index contributed by atoms with van der Waals surface area (Å²) in [6, 6.07) is 0.723. The minimum Gasteiger partial charge on any atom is -0.329 e. The third-order valence-corrected chi connectivity index (χ3v) is 5.59. The van der Waals surface area contributed by atoms with Gasteiger partial charge in [0.15, 0.2) is 0 Å². The molecule has 1 saturated carbocycles. The van der Waals surface area contributed by atoms with E-state index < -0.39 is 0 Å². The molecule has 0 spiro atoms. The van der Waals surface area contributed by atoms with Crippen LogP contribution in [0.1, 0.15) is 53.4 Å². The van der Waals surface area contributed by atoms with Crippen molar-refractivity contribution in [2.24, 2.45) is 23.5 Å². The van der Waals surface area contributed by atoms with Crippen molar-refractivity contribution in [2.75, 3.05) is 13.1 Å². The molecular formula is C15H30N2. The maximum Gasteiger partial charge on any atom is 0.0340 e. The van der Waals surface area contributed by atoms with Crippen LogP contribution in [0.4, 0.5) is 0 Å². The highest BCUT2D eigenvalue weighted by Gasteiger charge is 2.50. The molecule has 2 N–H and O–H groups in total. The standard InChI is InChI=1S/C15H30N2/c1-11(2)14-8-15(9-14,10-16)17-7-5-6-12(3)13(17)4/h11-14H,5-10,16H2,1-4H3. The molecule has 2 aliphatic rings. The van der Waals surface area contributed by atoms with E-state index in [4.69, 9.17) is 5.73 Å². The second-order valence-corrected chi connectivity index (χ2v) is 6.89. The minimum absolute atomic E-state index is 0.350. The fraction of sp³-hybridized carbons (Fsp3) is 1.00. The van der Waals surface area contributed by atoms with Gasteiger partial charge in [-0.15, -0.1) is 0 Å². The van der Waals surface area contributed by atoms with Crippen LogP contribution < -0.4 is 5.73 Å². The molecule has 0 aromatic carbocycles. The first-order valence-electron chi connectivity index (χ1n) is 7.47. The number of nitrogens with two attached hydrogens (primary N) is 1. The van der Waals surface area contributed by atoms with Gasteiger partial charge in [-0.3, -0.25) is 4.90 Å². The molecule has 1 aliphatic heterocycles. The average Bonchev–Trinajstić information content (AvgIpc) is 2.22. The van der Waals surface area contributed by atoms with E-state index >= 15 is 0 Å². The highest BCUT2D eigenvalue weighted by molar-refractivity contribution is 5.06. The Morgan fingerprint density at radius 2 is 1.94 bits per heavy atom. The Kier molecular flexibility index (Phi) is 3.84. The van der Waals surface area contributed by atoms with Crippen LogP contribution in [-0.2, 0) is 0 Å². The van der Waals surface area contributed by atoms with Gasteiger partial charge >= 0.3 is 0 Å². The molecule has 2 fully saturated rings. The Morgan fingerprint density at radius 1 is 1.29 bits per heavy atom. The first kappa shape index (κ1) is 13.4. The van der Waals surface area contributed by atoms with E-state index in [1.54, 1.807) is 0 Å². The smallest absolute Gasteiger partial charge is 0.0340 e. The van der Waals surface area contributed by atoms with Crippen molar-refractivity contribution in [3.63, 3.8) is 0 Å². The van der Waals surface area contributed by atoms with Gasteiger partial charge in [-0.1, -0.05) is 20.8 Å². The molecule has 100 valence electrons. The molecule has 0 radical (unpaired) electrons. The van der Waals surface area contributed by atoms with Gasteiger partial charge in [-0.25, -0.2) is 0 Å². The first-order chi connectivity index (χ1) is 8.00. The molecule has 2 atom stereocenters. The van der Waals surface area contributed by atoms with Crippen LogP contribution in [0.25, 0.3) is 0 Å². The molecule has 1 heterocycles. The van der Waals surface area contributed by atoms with Crippen LogP contribution in [0.15, 0.2) is 0 Å². The average molecular weight is 238 g/mol. The lowest BCUT2D eigenvalue weighted by Crippen LogP contribution is -2.66. The quantitative estimate of drug-likeness (QED) is 0.819. The Labute approximate surface area is 107 Å². The molecule has 0 aromatic rings. The summed E-state index contributed by atoms with van der Waals surface area (Å²) in [7, 11) is 0.